The second-order valence-corrected chi connectivity index (χ2v) is 7.97. The predicted octanol–water partition coefficient (Wildman–Crippen LogP) is 3.02. The number of likely N-dealkylation sites (tertiary alicyclic amines) is 1. The maximum absolute atomic E-state index is 13.4. The summed E-state index contributed by atoms with van der Waals surface area (Å²) in [4.78, 5) is 30.0. The Labute approximate surface area is 167 Å². The Kier molecular flexibility index (Phi) is 6.60. The predicted molar refractivity (Wildman–Crippen MR) is 107 cm³/mol. The first-order valence-corrected chi connectivity index (χ1v) is 10.3. The number of ether oxygens (including phenoxy) is 2. The maximum Gasteiger partial charge on any atom is 0.228 e. The van der Waals surface area contributed by atoms with Gasteiger partial charge in [-0.25, -0.2) is 0 Å². The lowest BCUT2D eigenvalue weighted by Crippen LogP contribution is -2.50. The summed E-state index contributed by atoms with van der Waals surface area (Å²) in [7, 11) is 1.63. The summed E-state index contributed by atoms with van der Waals surface area (Å²) in [6.45, 7) is 7.94. The van der Waals surface area contributed by atoms with Crippen molar-refractivity contribution in [2.75, 3.05) is 26.7 Å². The standard InChI is InChI=1S/C22H32N2O4/c1-5-6-11-24-20(25)12-19(21(24)17-7-9-18(27-4)10-8-17)22(26)23-13-15(2)28-16(3)14-23/h7-10,15-16,19,21H,5-6,11-14H2,1-4H3/t15-,16+,19-,21-/m0/s1. The minimum atomic E-state index is -0.352. The van der Waals surface area contributed by atoms with Crippen LogP contribution in [-0.2, 0) is 14.3 Å². The van der Waals surface area contributed by atoms with Crippen molar-refractivity contribution >= 4 is 11.8 Å². The van der Waals surface area contributed by atoms with E-state index in [1.807, 2.05) is 47.9 Å². The number of hydrogen-bond acceptors (Lipinski definition) is 4. The molecule has 2 aliphatic rings. The molecule has 0 bridgehead atoms. The molecule has 1 aromatic carbocycles. The highest BCUT2D eigenvalue weighted by molar-refractivity contribution is 5.90. The van der Waals surface area contributed by atoms with Crippen molar-refractivity contribution in [3.63, 3.8) is 0 Å². The minimum Gasteiger partial charge on any atom is -0.497 e. The van der Waals surface area contributed by atoms with E-state index >= 15 is 0 Å². The summed E-state index contributed by atoms with van der Waals surface area (Å²) >= 11 is 0. The highest BCUT2D eigenvalue weighted by atomic mass is 16.5. The van der Waals surface area contributed by atoms with Crippen LogP contribution >= 0.6 is 0 Å². The van der Waals surface area contributed by atoms with Gasteiger partial charge in [-0.05, 0) is 38.0 Å². The Hall–Kier alpha value is -2.08. The van der Waals surface area contributed by atoms with Gasteiger partial charge in [0.05, 0.1) is 31.3 Å². The largest absolute Gasteiger partial charge is 0.497 e. The summed E-state index contributed by atoms with van der Waals surface area (Å²) in [6.07, 6.45) is 2.25. The van der Waals surface area contributed by atoms with Crippen LogP contribution in [0.15, 0.2) is 24.3 Å². The summed E-state index contributed by atoms with van der Waals surface area (Å²) < 4.78 is 11.0. The van der Waals surface area contributed by atoms with E-state index in [4.69, 9.17) is 9.47 Å². The smallest absolute Gasteiger partial charge is 0.228 e. The van der Waals surface area contributed by atoms with Crippen LogP contribution in [0.1, 0.15) is 51.6 Å². The number of carbonyl (C=O) groups excluding carboxylic acids is 2. The monoisotopic (exact) mass is 388 g/mol. The molecule has 2 fully saturated rings. The summed E-state index contributed by atoms with van der Waals surface area (Å²) in [5.74, 6) is 0.555. The van der Waals surface area contributed by atoms with Crippen molar-refractivity contribution in [3.05, 3.63) is 29.8 Å². The normalized spacial score (nSPS) is 27.9. The third-order valence-corrected chi connectivity index (χ3v) is 5.69. The van der Waals surface area contributed by atoms with E-state index in [9.17, 15) is 9.59 Å². The molecule has 0 saturated carbocycles. The summed E-state index contributed by atoms with van der Waals surface area (Å²) in [6, 6.07) is 7.54. The van der Waals surface area contributed by atoms with Gasteiger partial charge in [-0.3, -0.25) is 9.59 Å². The Morgan fingerprint density at radius 2 is 1.82 bits per heavy atom. The SMILES string of the molecule is CCCCN1C(=O)C[C@H](C(=O)N2C[C@@H](C)O[C@@H](C)C2)[C@@H]1c1ccc(OC)cc1. The van der Waals surface area contributed by atoms with Crippen LogP contribution in [0.4, 0.5) is 0 Å². The molecule has 2 saturated heterocycles. The molecule has 2 amide bonds. The molecule has 2 aliphatic heterocycles. The number of hydrogen-bond donors (Lipinski definition) is 0. The van der Waals surface area contributed by atoms with Crippen LogP contribution in [0.3, 0.4) is 0 Å². The number of methoxy groups -OCH3 is 1. The van der Waals surface area contributed by atoms with Gasteiger partial charge in [0.25, 0.3) is 0 Å². The fourth-order valence-corrected chi connectivity index (χ4v) is 4.41. The van der Waals surface area contributed by atoms with Gasteiger partial charge in [0, 0.05) is 26.1 Å². The average molecular weight is 389 g/mol. The lowest BCUT2D eigenvalue weighted by molar-refractivity contribution is -0.148. The third-order valence-electron chi connectivity index (χ3n) is 5.69. The zero-order chi connectivity index (χ0) is 20.3. The molecule has 6 heteroatoms. The fourth-order valence-electron chi connectivity index (χ4n) is 4.41. The Morgan fingerprint density at radius 1 is 1.18 bits per heavy atom. The number of nitrogens with zero attached hydrogens (tertiary/aromatic N) is 2. The summed E-state index contributed by atoms with van der Waals surface area (Å²) in [5, 5.41) is 0. The van der Waals surface area contributed by atoms with Crippen LogP contribution in [0.5, 0.6) is 5.75 Å². The molecule has 0 unspecified atom stereocenters. The number of rotatable bonds is 6. The van der Waals surface area contributed by atoms with Gasteiger partial charge in [-0.15, -0.1) is 0 Å². The molecular weight excluding hydrogens is 356 g/mol. The number of carbonyl (C=O) groups is 2. The molecule has 1 aromatic rings. The van der Waals surface area contributed by atoms with Gasteiger partial charge in [0.15, 0.2) is 0 Å². The molecule has 0 N–H and O–H groups in total. The lowest BCUT2D eigenvalue weighted by atomic mass is 9.91. The van der Waals surface area contributed by atoms with E-state index in [-0.39, 0.29) is 42.4 Å². The summed E-state index contributed by atoms with van der Waals surface area (Å²) in [5.41, 5.74) is 0.996. The highest BCUT2D eigenvalue weighted by Gasteiger charge is 2.46. The van der Waals surface area contributed by atoms with Crippen LogP contribution in [0, 0.1) is 5.92 Å². The van der Waals surface area contributed by atoms with Crippen molar-refractivity contribution in [2.24, 2.45) is 5.92 Å². The van der Waals surface area contributed by atoms with Gasteiger partial charge >= 0.3 is 0 Å². The number of benzene rings is 1. The Bertz CT molecular complexity index is 680. The topological polar surface area (TPSA) is 59.1 Å². The molecule has 0 aromatic heterocycles. The molecular formula is C22H32N2O4. The minimum absolute atomic E-state index is 0.0143. The van der Waals surface area contributed by atoms with Gasteiger partial charge in [-0.1, -0.05) is 25.5 Å². The van der Waals surface area contributed by atoms with E-state index in [0.717, 1.165) is 24.2 Å². The molecule has 4 atom stereocenters. The number of morpholine rings is 1. The van der Waals surface area contributed by atoms with Crippen LogP contribution in [0.25, 0.3) is 0 Å². The average Bonchev–Trinajstić information content (AvgIpc) is 3.01. The Morgan fingerprint density at radius 3 is 2.39 bits per heavy atom. The molecule has 3 rings (SSSR count). The van der Waals surface area contributed by atoms with Gasteiger partial charge in [0.2, 0.25) is 11.8 Å². The third kappa shape index (κ3) is 4.32. The Balaban J connectivity index is 1.88. The number of amides is 2. The maximum atomic E-state index is 13.4. The second-order valence-electron chi connectivity index (χ2n) is 7.97. The zero-order valence-electron chi connectivity index (χ0n) is 17.4. The molecule has 154 valence electrons. The van der Waals surface area contributed by atoms with E-state index < -0.39 is 0 Å². The van der Waals surface area contributed by atoms with Gasteiger partial charge in [-0.2, -0.15) is 0 Å². The van der Waals surface area contributed by atoms with Crippen LogP contribution < -0.4 is 4.74 Å². The van der Waals surface area contributed by atoms with Crippen molar-refractivity contribution in [1.82, 2.24) is 9.80 Å². The quantitative estimate of drug-likeness (QED) is 0.752. The number of unbranched alkanes of at least 4 members (excludes halogenated alkanes) is 1. The molecule has 2 heterocycles. The molecule has 28 heavy (non-hydrogen) atoms. The first-order valence-electron chi connectivity index (χ1n) is 10.3. The van der Waals surface area contributed by atoms with E-state index in [2.05, 4.69) is 6.92 Å². The van der Waals surface area contributed by atoms with Crippen molar-refractivity contribution in [3.8, 4) is 5.75 Å². The van der Waals surface area contributed by atoms with Crippen LogP contribution in [-0.4, -0.2) is 60.6 Å². The molecule has 0 spiro atoms. The van der Waals surface area contributed by atoms with Gasteiger partial charge < -0.3 is 19.3 Å². The van der Waals surface area contributed by atoms with Crippen molar-refractivity contribution in [2.45, 2.75) is 58.3 Å². The van der Waals surface area contributed by atoms with Crippen molar-refractivity contribution < 1.29 is 19.1 Å². The molecule has 0 radical (unpaired) electrons. The first-order chi connectivity index (χ1) is 13.4. The van der Waals surface area contributed by atoms with Gasteiger partial charge in [0.1, 0.15) is 5.75 Å². The lowest BCUT2D eigenvalue weighted by Gasteiger charge is -2.38. The zero-order valence-corrected chi connectivity index (χ0v) is 17.4. The van der Waals surface area contributed by atoms with Crippen LogP contribution in [0.2, 0.25) is 0 Å². The van der Waals surface area contributed by atoms with E-state index in [1.165, 1.54) is 0 Å². The van der Waals surface area contributed by atoms with E-state index in [0.29, 0.717) is 19.6 Å². The highest BCUT2D eigenvalue weighted by Crippen LogP contribution is 2.40. The van der Waals surface area contributed by atoms with Crippen molar-refractivity contribution in [1.29, 1.82) is 0 Å². The fraction of sp³-hybridized carbons (Fsp3) is 0.636. The second kappa shape index (κ2) is 8.95. The van der Waals surface area contributed by atoms with E-state index in [1.54, 1.807) is 7.11 Å². The molecule has 6 nitrogen and oxygen atoms in total. The molecule has 0 aliphatic carbocycles. The first kappa shape index (κ1) is 20.6.